The summed E-state index contributed by atoms with van der Waals surface area (Å²) in [4.78, 5) is 10.5. The van der Waals surface area contributed by atoms with Crippen LogP contribution in [0.4, 0.5) is 4.39 Å². The van der Waals surface area contributed by atoms with Gasteiger partial charge in [0, 0.05) is 16.3 Å². The van der Waals surface area contributed by atoms with Crippen LogP contribution in [0.1, 0.15) is 28.8 Å². The second-order valence-corrected chi connectivity index (χ2v) is 3.07. The van der Waals surface area contributed by atoms with E-state index in [2.05, 4.69) is 0 Å². The van der Waals surface area contributed by atoms with Crippen LogP contribution >= 0.6 is 0 Å². The summed E-state index contributed by atoms with van der Waals surface area (Å²) in [6.45, 7) is 1.60. The third kappa shape index (κ3) is 2.86. The lowest BCUT2D eigenvalue weighted by Crippen LogP contribution is -2.12. The molecule has 0 bridgehead atoms. The zero-order valence-corrected chi connectivity index (χ0v) is 7.33. The first-order valence-electron chi connectivity index (χ1n) is 9.07. The highest BCUT2D eigenvalue weighted by Crippen LogP contribution is 2.10. The number of halogens is 1. The maximum atomic E-state index is 12.7. The van der Waals surface area contributed by atoms with Crippen molar-refractivity contribution in [3.63, 3.8) is 0 Å². The van der Waals surface area contributed by atoms with Crippen molar-refractivity contribution in [3.8, 4) is 0 Å². The molecule has 1 rings (SSSR count). The van der Waals surface area contributed by atoms with E-state index in [1.54, 1.807) is 19.1 Å². The predicted molar refractivity (Wildman–Crippen MR) is 59.6 cm³/mol. The van der Waals surface area contributed by atoms with E-state index in [0.717, 1.165) is 5.56 Å². The summed E-state index contributed by atoms with van der Waals surface area (Å²) < 4.78 is 62.7. The molecule has 0 aliphatic rings. The Balaban J connectivity index is -0.0000000634. The largest absolute Gasteiger partial charge is 0.481 e. The van der Waals surface area contributed by atoms with Crippen LogP contribution < -0.4 is 0 Å². The van der Waals surface area contributed by atoms with Crippen LogP contribution in [0.3, 0.4) is 0 Å². The monoisotopic (exact) mass is 205 g/mol. The highest BCUT2D eigenvalue weighted by molar-refractivity contribution is 5.69. The van der Waals surface area contributed by atoms with Crippen molar-refractivity contribution in [2.45, 2.75) is 13.3 Å². The second-order valence-electron chi connectivity index (χ2n) is 3.07. The maximum absolute atomic E-state index is 12.7. The molecular formula is C10H23FO2. The predicted octanol–water partition coefficient (Wildman–Crippen LogP) is 3.56. The van der Waals surface area contributed by atoms with Gasteiger partial charge in [0.1, 0.15) is 5.82 Å². The van der Waals surface area contributed by atoms with Gasteiger partial charge in [-0.1, -0.05) is 19.1 Å². The molecule has 82 valence electrons. The van der Waals surface area contributed by atoms with Crippen molar-refractivity contribution < 1.29 is 30.6 Å². The number of carbonyl (C=O) groups is 1. The van der Waals surface area contributed by atoms with Gasteiger partial charge in [-0.15, -0.1) is 0 Å². The fraction of sp³-hybridized carbons (Fsp3) is 0.300. The summed E-state index contributed by atoms with van der Waals surface area (Å²) in [5.74, 6) is -1.65. The van der Waals surface area contributed by atoms with Crippen molar-refractivity contribution >= 4 is 5.97 Å². The summed E-state index contributed by atoms with van der Waals surface area (Å²) in [6.07, 6.45) is 0.368. The van der Waals surface area contributed by atoms with E-state index in [4.69, 9.17) is 20.0 Å². The Labute approximate surface area is 92.9 Å². The molecule has 0 aliphatic carbocycles. The van der Waals surface area contributed by atoms with Crippen LogP contribution in [-0.4, -0.2) is 11.1 Å². The molecule has 0 aromatic heterocycles. The average molecular weight is 205 g/mol. The number of hydrogen-bond acceptors (Lipinski definition) is 1. The van der Waals surface area contributed by atoms with Crippen molar-refractivity contribution in [1.82, 2.24) is 0 Å². The molecule has 3 heteroatoms. The van der Waals surface area contributed by atoms with E-state index in [-0.39, 0.29) is 7.24 Å². The van der Waals surface area contributed by atoms with E-state index in [1.807, 2.05) is 0 Å². The number of aliphatic carboxylic acids is 1. The van der Waals surface area contributed by atoms with Gasteiger partial charge in [-0.2, -0.15) is 0 Å². The standard InChI is InChI=1S/C10H11FO2.6H2/c1-7(10(12)13)5-8-3-2-4-9(11)6-8;;;;;;/h2-4,6-7H,5H2,1H3,(H,12,13);6*1H/i;5*1+1D;1+1. The molecule has 1 N–H and O–H groups in total. The number of carboxylic acid groups (broad SMARTS) is 1. The third-order valence-electron chi connectivity index (χ3n) is 1.85. The van der Waals surface area contributed by atoms with E-state index >= 15 is 0 Å². The maximum Gasteiger partial charge on any atom is 0.306 e. The van der Waals surface area contributed by atoms with Gasteiger partial charge in [0.05, 0.1) is 5.92 Å². The van der Waals surface area contributed by atoms with Crippen molar-refractivity contribution in [2.75, 3.05) is 0 Å². The second kappa shape index (κ2) is 4.03. The minimum atomic E-state index is -0.857. The lowest BCUT2D eigenvalue weighted by molar-refractivity contribution is -0.141. The molecule has 1 atom stereocenters. The highest BCUT2D eigenvalue weighted by Gasteiger charge is 2.11. The van der Waals surface area contributed by atoms with Crippen molar-refractivity contribution in [2.24, 2.45) is 5.92 Å². The van der Waals surface area contributed by atoms with E-state index < -0.39 is 11.9 Å². The SMILES string of the molecule is CC(Cc1cccc(F)c1)C(=O)O.[2HH].[2H][2H].[2H][2H].[2H][2H].[2H][2H].[2H][2H]. The zero-order valence-electron chi connectivity index (χ0n) is 17.3. The minimum absolute atomic E-state index is 0. The van der Waals surface area contributed by atoms with E-state index in [9.17, 15) is 9.18 Å². The molecule has 1 aromatic rings. The van der Waals surface area contributed by atoms with Crippen molar-refractivity contribution in [3.05, 3.63) is 35.6 Å². The first kappa shape index (κ1) is 4.74. The van der Waals surface area contributed by atoms with Crippen LogP contribution in [0, 0.1) is 11.7 Å². The van der Waals surface area contributed by atoms with Crippen LogP contribution in [0.2, 0.25) is 0 Å². The topological polar surface area (TPSA) is 37.3 Å². The van der Waals surface area contributed by atoms with Crippen molar-refractivity contribution in [1.29, 1.82) is 0 Å². The van der Waals surface area contributed by atoms with Crippen LogP contribution in [0.5, 0.6) is 0 Å². The van der Waals surface area contributed by atoms with Gasteiger partial charge in [0.25, 0.3) is 0 Å². The normalized spacial score (nSPS) is 15.5. The summed E-state index contributed by atoms with van der Waals surface area (Å²) in [5.41, 5.74) is 0.718. The van der Waals surface area contributed by atoms with Gasteiger partial charge < -0.3 is 5.11 Å². The lowest BCUT2D eigenvalue weighted by atomic mass is 10.0. The Kier molecular flexibility index (Phi) is 1.47. The van der Waals surface area contributed by atoms with Crippen LogP contribution in [-0.2, 0) is 11.2 Å². The molecule has 0 spiro atoms. The van der Waals surface area contributed by atoms with Crippen LogP contribution in [0.25, 0.3) is 0 Å². The molecular weight excluding hydrogens is 171 g/mol. The van der Waals surface area contributed by atoms with E-state index in [1.165, 1.54) is 12.1 Å². The summed E-state index contributed by atoms with van der Waals surface area (Å²) >= 11 is 0. The molecule has 2 nitrogen and oxygen atoms in total. The molecule has 1 aromatic carbocycles. The molecule has 13 heavy (non-hydrogen) atoms. The van der Waals surface area contributed by atoms with Gasteiger partial charge in [0.15, 0.2) is 0 Å². The van der Waals surface area contributed by atoms with Crippen LogP contribution in [0.15, 0.2) is 24.3 Å². The smallest absolute Gasteiger partial charge is 0.306 e. The third-order valence-corrected chi connectivity index (χ3v) is 1.85. The molecule has 0 amide bonds. The molecule has 0 radical (unpaired) electrons. The lowest BCUT2D eigenvalue weighted by Gasteiger charge is -2.05. The fourth-order valence-corrected chi connectivity index (χ4v) is 1.10. The van der Waals surface area contributed by atoms with Gasteiger partial charge in [-0.3, -0.25) is 4.79 Å². The Morgan fingerprint density at radius 2 is 2.46 bits per heavy atom. The molecule has 0 aliphatic heterocycles. The quantitative estimate of drug-likeness (QED) is 0.819. The number of rotatable bonds is 3. The first-order chi connectivity index (χ1) is 11.1. The summed E-state index contributed by atoms with van der Waals surface area (Å²) in [7, 11) is 0. The Bertz CT molecular complexity index is 333. The molecule has 0 heterocycles. The molecule has 0 saturated heterocycles. The highest BCUT2D eigenvalue weighted by atomic mass is 19.1. The van der Waals surface area contributed by atoms with Gasteiger partial charge in [-0.05, 0) is 24.1 Å². The van der Waals surface area contributed by atoms with Gasteiger partial charge in [0.2, 0.25) is 0 Å². The summed E-state index contributed by atoms with van der Waals surface area (Å²) in [5, 5.41) is 8.62. The van der Waals surface area contributed by atoms with E-state index in [0.29, 0.717) is 6.42 Å². The average Bonchev–Trinajstić information content (AvgIpc) is 2.63. The minimum Gasteiger partial charge on any atom is -0.481 e. The molecule has 0 fully saturated rings. The molecule has 1 unspecified atom stereocenters. The number of benzene rings is 1. The Morgan fingerprint density at radius 1 is 1.77 bits per heavy atom. The number of carboxylic acids is 1. The number of hydrogen-bond donors (Lipinski definition) is 1. The fourth-order valence-electron chi connectivity index (χ4n) is 1.10. The Hall–Kier alpha value is -1.38. The molecule has 0 saturated carbocycles. The summed E-state index contributed by atoms with van der Waals surface area (Å²) in [6, 6.07) is 6.01. The van der Waals surface area contributed by atoms with Gasteiger partial charge in [-0.25, -0.2) is 4.39 Å². The zero-order chi connectivity index (χ0) is 19.8. The first-order valence-corrected chi connectivity index (χ1v) is 4.07. The van der Waals surface area contributed by atoms with Gasteiger partial charge >= 0.3 is 5.97 Å². The Morgan fingerprint density at radius 3 is 3.00 bits per heavy atom.